The van der Waals surface area contributed by atoms with Gasteiger partial charge in [0.15, 0.2) is 12.4 Å². The summed E-state index contributed by atoms with van der Waals surface area (Å²) in [5.74, 6) is 0.560. The lowest BCUT2D eigenvalue weighted by molar-refractivity contribution is -0.130. The Hall–Kier alpha value is -2.10. The average molecular weight is 233 g/mol. The van der Waals surface area contributed by atoms with Crippen LogP contribution in [0.25, 0.3) is 0 Å². The van der Waals surface area contributed by atoms with Gasteiger partial charge in [-0.3, -0.25) is 4.79 Å². The van der Waals surface area contributed by atoms with Crippen molar-refractivity contribution < 1.29 is 14.1 Å². The molecule has 0 unspecified atom stereocenters. The van der Waals surface area contributed by atoms with Gasteiger partial charge in [0.25, 0.3) is 6.47 Å². The fraction of sp³-hybridized carbons (Fsp3) is 0.231. The number of nitrogens with zero attached hydrogens (tertiary/aromatic N) is 1. The van der Waals surface area contributed by atoms with Gasteiger partial charge in [0.05, 0.1) is 5.69 Å². The number of benzene rings is 1. The molecule has 0 aliphatic heterocycles. The Morgan fingerprint density at radius 3 is 2.41 bits per heavy atom. The molecule has 0 amide bonds. The van der Waals surface area contributed by atoms with Gasteiger partial charge < -0.3 is 9.26 Å². The minimum atomic E-state index is 0.157. The van der Waals surface area contributed by atoms with E-state index in [2.05, 4.69) is 28.9 Å². The predicted molar refractivity (Wildman–Crippen MR) is 63.3 cm³/mol. The lowest BCUT2D eigenvalue weighted by atomic mass is 10.2. The smallest absolute Gasteiger partial charge is 0.293 e. The second-order valence-corrected chi connectivity index (χ2v) is 3.50. The maximum atomic E-state index is 9.70. The fourth-order valence-electron chi connectivity index (χ4n) is 1.13. The molecule has 0 N–H and O–H groups in total. The monoisotopic (exact) mass is 233 g/mol. The molecular weight excluding hydrogens is 218 g/mol. The second-order valence-electron chi connectivity index (χ2n) is 3.50. The van der Waals surface area contributed by atoms with Crippen LogP contribution < -0.4 is 0 Å². The maximum Gasteiger partial charge on any atom is 0.293 e. The molecule has 2 rings (SSSR count). The summed E-state index contributed by atoms with van der Waals surface area (Å²) in [6.45, 7) is 4.41. The average Bonchev–Trinajstić information content (AvgIpc) is 2.74. The van der Waals surface area contributed by atoms with Crippen LogP contribution in [-0.2, 0) is 16.1 Å². The molecular formula is C13H15NO3. The van der Waals surface area contributed by atoms with Crippen LogP contribution >= 0.6 is 0 Å². The number of rotatable bonds is 3. The van der Waals surface area contributed by atoms with Crippen molar-refractivity contribution in [3.63, 3.8) is 0 Å². The number of ether oxygens (including phenoxy) is 1. The summed E-state index contributed by atoms with van der Waals surface area (Å²) in [6.07, 6.45) is 0. The van der Waals surface area contributed by atoms with Gasteiger partial charge in [-0.1, -0.05) is 41.1 Å². The normalized spacial score (nSPS) is 9.06. The molecule has 1 heterocycles. The molecule has 4 heteroatoms. The molecule has 0 fully saturated rings. The van der Waals surface area contributed by atoms with Crippen LogP contribution in [0.2, 0.25) is 0 Å². The van der Waals surface area contributed by atoms with Crippen molar-refractivity contribution >= 4 is 6.47 Å². The zero-order valence-corrected chi connectivity index (χ0v) is 9.92. The lowest BCUT2D eigenvalue weighted by Gasteiger charge is -1.88. The Labute approximate surface area is 100 Å². The van der Waals surface area contributed by atoms with Gasteiger partial charge in [-0.05, 0) is 13.8 Å². The number of aromatic nitrogens is 1. The van der Waals surface area contributed by atoms with Crippen molar-refractivity contribution in [2.24, 2.45) is 0 Å². The van der Waals surface area contributed by atoms with E-state index in [1.54, 1.807) is 13.0 Å². The van der Waals surface area contributed by atoms with Crippen molar-refractivity contribution in [2.75, 3.05) is 0 Å². The van der Waals surface area contributed by atoms with Crippen LogP contribution in [0.1, 0.15) is 17.0 Å². The molecule has 2 aromatic rings. The highest BCUT2D eigenvalue weighted by Gasteiger charge is 1.98. The van der Waals surface area contributed by atoms with Crippen LogP contribution in [0.3, 0.4) is 0 Å². The van der Waals surface area contributed by atoms with Crippen LogP contribution in [0.5, 0.6) is 0 Å². The summed E-state index contributed by atoms with van der Waals surface area (Å²) in [5, 5.41) is 3.60. The number of carbonyl (C=O) groups is 1. The third-order valence-corrected chi connectivity index (χ3v) is 1.91. The Balaban J connectivity index is 0.000000181. The molecule has 0 saturated carbocycles. The van der Waals surface area contributed by atoms with Gasteiger partial charge in [-0.25, -0.2) is 0 Å². The fourth-order valence-corrected chi connectivity index (χ4v) is 1.13. The zero-order chi connectivity index (χ0) is 12.5. The Morgan fingerprint density at radius 2 is 2.00 bits per heavy atom. The maximum absolute atomic E-state index is 9.70. The van der Waals surface area contributed by atoms with Crippen LogP contribution in [0.4, 0.5) is 0 Å². The third-order valence-electron chi connectivity index (χ3n) is 1.91. The van der Waals surface area contributed by atoms with E-state index >= 15 is 0 Å². The van der Waals surface area contributed by atoms with Crippen molar-refractivity contribution in [2.45, 2.75) is 20.5 Å². The molecule has 4 nitrogen and oxygen atoms in total. The van der Waals surface area contributed by atoms with Gasteiger partial charge in [0.2, 0.25) is 0 Å². The van der Waals surface area contributed by atoms with Crippen LogP contribution in [-0.4, -0.2) is 11.6 Å². The van der Waals surface area contributed by atoms with E-state index in [-0.39, 0.29) is 6.61 Å². The number of hydrogen-bond donors (Lipinski definition) is 0. The minimum absolute atomic E-state index is 0.157. The number of carbonyl (C=O) groups excluding carboxylic acids is 1. The van der Waals surface area contributed by atoms with Gasteiger partial charge >= 0.3 is 0 Å². The summed E-state index contributed by atoms with van der Waals surface area (Å²) in [7, 11) is 0. The Bertz CT molecular complexity index is 437. The van der Waals surface area contributed by atoms with Crippen molar-refractivity contribution in [3.8, 4) is 0 Å². The molecule has 1 aromatic heterocycles. The van der Waals surface area contributed by atoms with E-state index in [9.17, 15) is 4.79 Å². The summed E-state index contributed by atoms with van der Waals surface area (Å²) in [6, 6.07) is 12.0. The molecule has 0 aliphatic rings. The first kappa shape index (κ1) is 13.0. The molecule has 90 valence electrons. The first-order valence-corrected chi connectivity index (χ1v) is 5.21. The van der Waals surface area contributed by atoms with E-state index in [0.717, 1.165) is 5.69 Å². The van der Waals surface area contributed by atoms with Gasteiger partial charge in [0.1, 0.15) is 0 Å². The molecule has 0 aliphatic carbocycles. The predicted octanol–water partition coefficient (Wildman–Crippen LogP) is 2.65. The van der Waals surface area contributed by atoms with Crippen molar-refractivity contribution in [1.29, 1.82) is 0 Å². The highest BCUT2D eigenvalue weighted by atomic mass is 16.5. The standard InChI is InChI=1S/C7H8.C6H7NO3/c1-7-5-3-2-4-6-7;1-5-2-6(10-7-5)3-9-4-8/h2-6H,1H3;2,4H,3H2,1H3. The number of aryl methyl sites for hydroxylation is 2. The van der Waals surface area contributed by atoms with E-state index < -0.39 is 0 Å². The van der Waals surface area contributed by atoms with E-state index in [4.69, 9.17) is 4.52 Å². The summed E-state index contributed by atoms with van der Waals surface area (Å²) in [4.78, 5) is 9.70. The Kier molecular flexibility index (Phi) is 5.51. The van der Waals surface area contributed by atoms with Gasteiger partial charge in [-0.15, -0.1) is 0 Å². The molecule has 1 aromatic carbocycles. The highest BCUT2D eigenvalue weighted by Crippen LogP contribution is 2.02. The second kappa shape index (κ2) is 7.22. The molecule has 0 bridgehead atoms. The molecule has 17 heavy (non-hydrogen) atoms. The molecule has 0 saturated heterocycles. The van der Waals surface area contributed by atoms with E-state index in [0.29, 0.717) is 12.2 Å². The topological polar surface area (TPSA) is 52.3 Å². The largest absolute Gasteiger partial charge is 0.460 e. The van der Waals surface area contributed by atoms with Crippen molar-refractivity contribution in [1.82, 2.24) is 5.16 Å². The quantitative estimate of drug-likeness (QED) is 0.765. The van der Waals surface area contributed by atoms with Crippen molar-refractivity contribution in [3.05, 3.63) is 53.4 Å². The summed E-state index contributed by atoms with van der Waals surface area (Å²) in [5.41, 5.74) is 2.10. The van der Waals surface area contributed by atoms with Crippen LogP contribution in [0.15, 0.2) is 40.9 Å². The van der Waals surface area contributed by atoms with Gasteiger partial charge in [-0.2, -0.15) is 0 Å². The van der Waals surface area contributed by atoms with Crippen LogP contribution in [0, 0.1) is 13.8 Å². The highest BCUT2D eigenvalue weighted by molar-refractivity contribution is 5.37. The SMILES string of the molecule is Cc1cc(COC=O)on1.Cc1ccccc1. The molecule has 0 radical (unpaired) electrons. The minimum Gasteiger partial charge on any atom is -0.460 e. The first-order chi connectivity index (χ1) is 8.22. The molecule has 0 spiro atoms. The summed E-state index contributed by atoms with van der Waals surface area (Å²) < 4.78 is 9.15. The number of hydrogen-bond acceptors (Lipinski definition) is 4. The summed E-state index contributed by atoms with van der Waals surface area (Å²) >= 11 is 0. The third kappa shape index (κ3) is 5.51. The zero-order valence-electron chi connectivity index (χ0n) is 9.92. The van der Waals surface area contributed by atoms with E-state index in [1.165, 1.54) is 5.56 Å². The van der Waals surface area contributed by atoms with E-state index in [1.807, 2.05) is 18.2 Å². The lowest BCUT2D eigenvalue weighted by Crippen LogP contribution is -1.86. The Morgan fingerprint density at radius 1 is 1.29 bits per heavy atom. The molecule has 0 atom stereocenters. The van der Waals surface area contributed by atoms with Gasteiger partial charge in [0, 0.05) is 6.07 Å². The first-order valence-electron chi connectivity index (χ1n) is 5.21.